The van der Waals surface area contributed by atoms with Crippen molar-refractivity contribution in [2.45, 2.75) is 61.8 Å². The molecule has 2 bridgehead atoms. The van der Waals surface area contributed by atoms with Crippen LogP contribution in [0.25, 0.3) is 11.4 Å². The summed E-state index contributed by atoms with van der Waals surface area (Å²) in [4.78, 5) is 8.63. The quantitative estimate of drug-likeness (QED) is 0.831. The van der Waals surface area contributed by atoms with Gasteiger partial charge in [-0.2, -0.15) is 9.29 Å². The van der Waals surface area contributed by atoms with Crippen molar-refractivity contribution < 1.29 is 12.9 Å². The minimum absolute atomic E-state index is 0.0862. The molecule has 2 aliphatic heterocycles. The van der Waals surface area contributed by atoms with E-state index in [0.717, 1.165) is 44.1 Å². The van der Waals surface area contributed by atoms with Crippen LogP contribution in [0.4, 0.5) is 0 Å². The van der Waals surface area contributed by atoms with Gasteiger partial charge in [-0.15, -0.1) is 0 Å². The van der Waals surface area contributed by atoms with Gasteiger partial charge in [-0.05, 0) is 50.7 Å². The molecule has 0 amide bonds. The van der Waals surface area contributed by atoms with Crippen molar-refractivity contribution in [3.8, 4) is 11.4 Å². The highest BCUT2D eigenvalue weighted by Gasteiger charge is 2.52. The van der Waals surface area contributed by atoms with Gasteiger partial charge in [-0.25, -0.2) is 8.42 Å². The Bertz CT molecular complexity index is 864. The lowest BCUT2D eigenvalue weighted by Crippen LogP contribution is -2.47. The molecule has 7 nitrogen and oxygen atoms in total. The molecule has 2 aromatic heterocycles. The average Bonchev–Trinajstić information content (AvgIpc) is 3.31. The molecule has 3 aliphatic rings. The van der Waals surface area contributed by atoms with E-state index < -0.39 is 10.0 Å². The van der Waals surface area contributed by atoms with Crippen LogP contribution < -0.4 is 0 Å². The molecule has 2 aromatic rings. The lowest BCUT2D eigenvalue weighted by atomic mass is 9.92. The van der Waals surface area contributed by atoms with Crippen molar-refractivity contribution in [2.24, 2.45) is 0 Å². The Morgan fingerprint density at radius 1 is 1.12 bits per heavy atom. The average molecular weight is 360 g/mol. The molecule has 1 aliphatic carbocycles. The first-order valence-corrected chi connectivity index (χ1v) is 10.4. The number of hydrogen-bond donors (Lipinski definition) is 0. The number of rotatable bonds is 4. The summed E-state index contributed by atoms with van der Waals surface area (Å²) < 4.78 is 32.7. The highest BCUT2D eigenvalue weighted by Crippen LogP contribution is 2.47. The largest absolute Gasteiger partial charge is 0.339 e. The van der Waals surface area contributed by atoms with Gasteiger partial charge in [0.05, 0.1) is 5.25 Å². The van der Waals surface area contributed by atoms with Gasteiger partial charge in [-0.3, -0.25) is 4.98 Å². The maximum absolute atomic E-state index is 12.7. The van der Waals surface area contributed by atoms with Crippen molar-refractivity contribution >= 4 is 10.0 Å². The van der Waals surface area contributed by atoms with E-state index in [-0.39, 0.29) is 23.3 Å². The molecule has 8 heteroatoms. The summed E-state index contributed by atoms with van der Waals surface area (Å²) in [6, 6.07) is 3.91. The second kappa shape index (κ2) is 5.60. The summed E-state index contributed by atoms with van der Waals surface area (Å²) >= 11 is 0. The van der Waals surface area contributed by atoms with Crippen LogP contribution in [0.3, 0.4) is 0 Å². The number of pyridine rings is 1. The standard InChI is InChI=1S/C17H20N4O3S/c22-25(23,15-5-6-15)21-13-3-4-14(21)9-12(8-13)17-19-16(20-24-17)11-2-1-7-18-10-11/h1-2,7,10,12-15H,3-6,8-9H2/t12?,13-,14+. The fraction of sp³-hybridized carbons (Fsp3) is 0.588. The topological polar surface area (TPSA) is 89.2 Å². The molecule has 4 heterocycles. The van der Waals surface area contributed by atoms with Crippen LogP contribution in [0.1, 0.15) is 50.3 Å². The normalized spacial score (nSPS) is 29.8. The predicted octanol–water partition coefficient (Wildman–Crippen LogP) is 2.33. The lowest BCUT2D eigenvalue weighted by Gasteiger charge is -2.36. The molecule has 2 saturated heterocycles. The van der Waals surface area contributed by atoms with Crippen LogP contribution in [-0.4, -0.2) is 45.2 Å². The van der Waals surface area contributed by atoms with Crippen LogP contribution in [-0.2, 0) is 10.0 Å². The summed E-state index contributed by atoms with van der Waals surface area (Å²) in [6.07, 6.45) is 8.49. The highest BCUT2D eigenvalue weighted by atomic mass is 32.2. The van der Waals surface area contributed by atoms with Crippen LogP contribution in [0.15, 0.2) is 29.0 Å². The van der Waals surface area contributed by atoms with Crippen LogP contribution in [0.2, 0.25) is 0 Å². The minimum Gasteiger partial charge on any atom is -0.339 e. The fourth-order valence-corrected chi connectivity index (χ4v) is 6.59. The molecule has 25 heavy (non-hydrogen) atoms. The maximum atomic E-state index is 12.7. The van der Waals surface area contributed by atoms with Crippen LogP contribution in [0.5, 0.6) is 0 Å². The third-order valence-electron chi connectivity index (χ3n) is 5.62. The molecule has 132 valence electrons. The number of hydrogen-bond acceptors (Lipinski definition) is 6. The molecular weight excluding hydrogens is 340 g/mol. The van der Waals surface area contributed by atoms with Crippen LogP contribution >= 0.6 is 0 Å². The van der Waals surface area contributed by atoms with E-state index in [2.05, 4.69) is 15.1 Å². The Hall–Kier alpha value is -1.80. The molecule has 0 spiro atoms. The number of piperidine rings is 1. The van der Waals surface area contributed by atoms with Gasteiger partial charge in [0.2, 0.25) is 21.7 Å². The third kappa shape index (κ3) is 2.58. The summed E-state index contributed by atoms with van der Waals surface area (Å²) in [5, 5.41) is 3.95. The van der Waals surface area contributed by atoms with Gasteiger partial charge in [-0.1, -0.05) is 5.16 Å². The highest BCUT2D eigenvalue weighted by molar-refractivity contribution is 7.90. The Kier molecular flexibility index (Phi) is 3.46. The van der Waals surface area contributed by atoms with E-state index in [0.29, 0.717) is 11.7 Å². The molecule has 0 radical (unpaired) electrons. The maximum Gasteiger partial charge on any atom is 0.230 e. The van der Waals surface area contributed by atoms with E-state index in [1.807, 2.05) is 16.4 Å². The Morgan fingerprint density at radius 3 is 2.52 bits per heavy atom. The number of aromatic nitrogens is 3. The van der Waals surface area contributed by atoms with E-state index >= 15 is 0 Å². The van der Waals surface area contributed by atoms with E-state index in [1.54, 1.807) is 12.4 Å². The zero-order valence-electron chi connectivity index (χ0n) is 13.8. The van der Waals surface area contributed by atoms with Gasteiger partial charge in [0.25, 0.3) is 0 Å². The number of fused-ring (bicyclic) bond motifs is 2. The molecular formula is C17H20N4O3S. The SMILES string of the molecule is O=S(=O)(C1CC1)N1[C@@H]2CC[C@H]1CC(c1nc(-c3cccnc3)no1)C2. The molecule has 1 unspecified atom stereocenters. The second-order valence-electron chi connectivity index (χ2n) is 7.33. The molecule has 5 rings (SSSR count). The fourth-order valence-electron chi connectivity index (χ4n) is 4.30. The molecule has 3 fully saturated rings. The zero-order chi connectivity index (χ0) is 17.0. The van der Waals surface area contributed by atoms with Crippen molar-refractivity contribution in [3.05, 3.63) is 30.4 Å². The van der Waals surface area contributed by atoms with Crippen molar-refractivity contribution in [3.63, 3.8) is 0 Å². The smallest absolute Gasteiger partial charge is 0.230 e. The second-order valence-corrected chi connectivity index (χ2v) is 9.44. The molecule has 0 aromatic carbocycles. The van der Waals surface area contributed by atoms with Gasteiger partial charge in [0.1, 0.15) is 0 Å². The molecule has 1 saturated carbocycles. The monoisotopic (exact) mass is 360 g/mol. The van der Waals surface area contributed by atoms with E-state index in [1.165, 1.54) is 0 Å². The summed E-state index contributed by atoms with van der Waals surface area (Å²) in [7, 11) is -3.11. The van der Waals surface area contributed by atoms with Crippen molar-refractivity contribution in [1.29, 1.82) is 0 Å². The predicted molar refractivity (Wildman–Crippen MR) is 90.1 cm³/mol. The zero-order valence-corrected chi connectivity index (χ0v) is 14.6. The lowest BCUT2D eigenvalue weighted by molar-refractivity contribution is 0.201. The van der Waals surface area contributed by atoms with Gasteiger partial charge in [0.15, 0.2) is 0 Å². The first-order chi connectivity index (χ1) is 12.1. The Morgan fingerprint density at radius 2 is 1.88 bits per heavy atom. The first kappa shape index (κ1) is 15.5. The van der Waals surface area contributed by atoms with E-state index in [4.69, 9.17) is 4.52 Å². The van der Waals surface area contributed by atoms with Gasteiger partial charge >= 0.3 is 0 Å². The molecule has 0 N–H and O–H groups in total. The van der Waals surface area contributed by atoms with E-state index in [9.17, 15) is 8.42 Å². The summed E-state index contributed by atoms with van der Waals surface area (Å²) in [5.41, 5.74) is 0.828. The Labute approximate surface area is 146 Å². The summed E-state index contributed by atoms with van der Waals surface area (Å²) in [5.74, 6) is 1.31. The summed E-state index contributed by atoms with van der Waals surface area (Å²) in [6.45, 7) is 0. The van der Waals surface area contributed by atoms with Crippen molar-refractivity contribution in [2.75, 3.05) is 0 Å². The molecule has 3 atom stereocenters. The number of sulfonamides is 1. The van der Waals surface area contributed by atoms with Crippen LogP contribution in [0, 0.1) is 0 Å². The van der Waals surface area contributed by atoms with Gasteiger partial charge in [0, 0.05) is 36.0 Å². The number of nitrogens with zero attached hydrogens (tertiary/aromatic N) is 4. The first-order valence-electron chi connectivity index (χ1n) is 8.89. The third-order valence-corrected chi connectivity index (χ3v) is 8.11. The Balaban J connectivity index is 1.37. The minimum atomic E-state index is -3.11. The van der Waals surface area contributed by atoms with Gasteiger partial charge < -0.3 is 4.52 Å². The van der Waals surface area contributed by atoms with Crippen molar-refractivity contribution in [1.82, 2.24) is 19.4 Å².